The summed E-state index contributed by atoms with van der Waals surface area (Å²) < 4.78 is 10.9. The Bertz CT molecular complexity index is 2300. The number of hydrogen-bond donors (Lipinski definition) is 23. The van der Waals surface area contributed by atoms with Gasteiger partial charge >= 0.3 is 0 Å². The molecule has 518 valence electrons. The molecule has 1 heterocycles. The van der Waals surface area contributed by atoms with Gasteiger partial charge in [0.2, 0.25) is 59.1 Å². The first-order valence-corrected chi connectivity index (χ1v) is 31.6. The fourth-order valence-electron chi connectivity index (χ4n) is 9.24. The maximum absolute atomic E-state index is 14.7. The van der Waals surface area contributed by atoms with Gasteiger partial charge in [0, 0.05) is 52.1 Å². The molecule has 0 aromatic carbocycles. The summed E-state index contributed by atoms with van der Waals surface area (Å²) >= 11 is 0. The molecule has 1 rings (SSSR count). The number of ether oxygens (including phenoxy) is 2. The fourth-order valence-corrected chi connectivity index (χ4v) is 9.24. The van der Waals surface area contributed by atoms with Crippen molar-refractivity contribution < 1.29 is 57.4 Å². The van der Waals surface area contributed by atoms with Crippen LogP contribution in [0.1, 0.15) is 155 Å². The standard InChI is InChI=1S/C56H107N23O12/c1-2-3-4-5-6-7-8-11-26-67-43(80)23-21-41-51(88)77-39(19-14-29-71-55(63)64)49(86)75-37(17-12-27-69-53(59)60)47(84)74-38(18-13-28-70-54(61)62)48(85)76-40(20-15-30-72-56(65)66)50(87)78-42(52(89)79-41)22-24-44(81)68-31-32-90-33-34-91-35-45(82)73-36(46(58)83)16-9-10-25-57/h36-42H,2-35,57H2,1H3,(H2,58,83)(H,67,80)(H,68,81)(H,73,82)(H,74,84)(H,75,86)(H,76,85)(H,77,88)(H,78,87)(H,79,89)(H4,59,60,69)(H4,61,62,70)(H4,63,64,71)(H4,65,66,72)/t36?,37-,38+,39+,40?,41-,42-/m0/s1. The summed E-state index contributed by atoms with van der Waals surface area (Å²) in [6.45, 7) is 2.76. The second-order valence-corrected chi connectivity index (χ2v) is 22.0. The molecule has 0 spiro atoms. The van der Waals surface area contributed by atoms with Crippen molar-refractivity contribution in [1.29, 1.82) is 21.6 Å². The Morgan fingerprint density at radius 2 is 0.736 bits per heavy atom. The van der Waals surface area contributed by atoms with Crippen LogP contribution in [-0.2, 0) is 57.4 Å². The Morgan fingerprint density at radius 1 is 0.407 bits per heavy atom. The van der Waals surface area contributed by atoms with Crippen molar-refractivity contribution in [3.8, 4) is 0 Å². The average molecular weight is 1290 g/mol. The average Bonchev–Trinajstić information content (AvgIpc) is 1.48. The van der Waals surface area contributed by atoms with Gasteiger partial charge in [-0.3, -0.25) is 69.6 Å². The summed E-state index contributed by atoms with van der Waals surface area (Å²) in [4.78, 5) is 138. The molecule has 7 atom stereocenters. The van der Waals surface area contributed by atoms with Crippen molar-refractivity contribution in [2.45, 2.75) is 197 Å². The van der Waals surface area contributed by atoms with Gasteiger partial charge in [-0.1, -0.05) is 51.9 Å². The molecule has 0 bridgehead atoms. The normalized spacial score (nSPS) is 18.6. The number of primary amides is 1. The van der Waals surface area contributed by atoms with Gasteiger partial charge in [0.05, 0.1) is 19.8 Å². The van der Waals surface area contributed by atoms with Crippen molar-refractivity contribution in [1.82, 2.24) is 69.1 Å². The van der Waals surface area contributed by atoms with Crippen LogP contribution in [0.25, 0.3) is 0 Å². The topological polar surface area (TPSA) is 597 Å². The van der Waals surface area contributed by atoms with Gasteiger partial charge in [-0.15, -0.1) is 0 Å². The molecule has 29 N–H and O–H groups in total. The minimum absolute atomic E-state index is 0.0135. The van der Waals surface area contributed by atoms with E-state index < -0.39 is 114 Å². The lowest BCUT2D eigenvalue weighted by atomic mass is 10.0. The quantitative estimate of drug-likeness (QED) is 0.0154. The van der Waals surface area contributed by atoms with E-state index in [4.69, 9.17) is 65.5 Å². The third kappa shape index (κ3) is 40.8. The minimum atomic E-state index is -1.61. The number of hydrogen-bond acceptors (Lipinski definition) is 17. The molecule has 35 heteroatoms. The molecule has 0 aromatic rings. The molecule has 0 aromatic heterocycles. The number of nitrogens with one attached hydrogen (secondary N) is 17. The minimum Gasteiger partial charge on any atom is -0.377 e. The highest BCUT2D eigenvalue weighted by atomic mass is 16.5. The van der Waals surface area contributed by atoms with E-state index in [1.807, 2.05) is 0 Å². The van der Waals surface area contributed by atoms with Gasteiger partial charge in [-0.05, 0) is 96.4 Å². The fraction of sp³-hybridized carbons (Fsp3) is 0.750. The third-order valence-electron chi connectivity index (χ3n) is 14.2. The van der Waals surface area contributed by atoms with Crippen molar-refractivity contribution in [3.05, 3.63) is 0 Å². The lowest BCUT2D eigenvalue weighted by Crippen LogP contribution is -2.61. The predicted octanol–water partition coefficient (Wildman–Crippen LogP) is -4.97. The van der Waals surface area contributed by atoms with E-state index in [2.05, 4.69) is 76.0 Å². The van der Waals surface area contributed by atoms with E-state index in [0.29, 0.717) is 38.8 Å². The Balaban J connectivity index is 3.75. The van der Waals surface area contributed by atoms with Gasteiger partial charge < -0.3 is 113 Å². The van der Waals surface area contributed by atoms with E-state index in [1.54, 1.807) is 0 Å². The summed E-state index contributed by atoms with van der Waals surface area (Å²) in [5.74, 6) is -9.27. The molecular weight excluding hydrogens is 1190 g/mol. The summed E-state index contributed by atoms with van der Waals surface area (Å²) in [7, 11) is 0. The number of carbonyl (C=O) groups is 10. The number of rotatable bonds is 45. The van der Waals surface area contributed by atoms with Gasteiger partial charge in [0.25, 0.3) is 0 Å². The first-order valence-electron chi connectivity index (χ1n) is 31.6. The van der Waals surface area contributed by atoms with Crippen LogP contribution in [0, 0.1) is 21.6 Å². The lowest BCUT2D eigenvalue weighted by molar-refractivity contribution is -0.137. The van der Waals surface area contributed by atoms with Crippen LogP contribution in [0.4, 0.5) is 0 Å². The molecule has 91 heavy (non-hydrogen) atoms. The monoisotopic (exact) mass is 1290 g/mol. The number of nitrogens with two attached hydrogens (primary N) is 6. The maximum atomic E-state index is 14.7. The molecule has 1 aliphatic heterocycles. The first kappa shape index (κ1) is 80.7. The van der Waals surface area contributed by atoms with Crippen molar-refractivity contribution in [2.24, 2.45) is 34.4 Å². The smallest absolute Gasteiger partial charge is 0.246 e. The van der Waals surface area contributed by atoms with E-state index >= 15 is 0 Å². The molecule has 10 amide bonds. The van der Waals surface area contributed by atoms with Crippen LogP contribution in [0.5, 0.6) is 0 Å². The second-order valence-electron chi connectivity index (χ2n) is 22.0. The van der Waals surface area contributed by atoms with Crippen LogP contribution in [-0.4, -0.2) is 197 Å². The Kier molecular flexibility index (Phi) is 43.8. The molecule has 35 nitrogen and oxygen atoms in total. The number of amides is 10. The predicted molar refractivity (Wildman–Crippen MR) is 341 cm³/mol. The number of carbonyl (C=O) groups excluding carboxylic acids is 10. The molecule has 2 unspecified atom stereocenters. The largest absolute Gasteiger partial charge is 0.377 e. The first-order chi connectivity index (χ1) is 43.5. The highest BCUT2D eigenvalue weighted by Gasteiger charge is 2.35. The molecule has 0 aliphatic carbocycles. The van der Waals surface area contributed by atoms with Crippen molar-refractivity contribution >= 4 is 82.9 Å². The lowest BCUT2D eigenvalue weighted by Gasteiger charge is -2.29. The van der Waals surface area contributed by atoms with Gasteiger partial charge in [0.15, 0.2) is 23.8 Å². The van der Waals surface area contributed by atoms with Crippen LogP contribution in [0.3, 0.4) is 0 Å². The second kappa shape index (κ2) is 49.4. The summed E-state index contributed by atoms with van der Waals surface area (Å²) in [6, 6.07) is -9.81. The van der Waals surface area contributed by atoms with E-state index in [-0.39, 0.29) is 147 Å². The van der Waals surface area contributed by atoms with Crippen molar-refractivity contribution in [2.75, 3.05) is 72.2 Å². The zero-order valence-corrected chi connectivity index (χ0v) is 52.9. The SMILES string of the molecule is CCCCCCCCCCNC(=O)CC[C@@H]1NC(=O)[C@H](CCC(=O)NCCOCCOCC(=O)NC(CCCCN)C(N)=O)NC(=O)C(CCCNC(=N)N)NC(=O)[C@@H](CCCNC(=N)N)NC(=O)[C@H](CCCNC(=N)N)NC(=O)[C@@H](CCCNC(=N)N)NC1=O. The highest BCUT2D eigenvalue weighted by Crippen LogP contribution is 2.12. The molecule has 0 saturated carbocycles. The summed E-state index contributed by atoms with van der Waals surface area (Å²) in [5.41, 5.74) is 32.9. The Labute approximate surface area is 533 Å². The van der Waals surface area contributed by atoms with Crippen LogP contribution >= 0.6 is 0 Å². The van der Waals surface area contributed by atoms with E-state index in [9.17, 15) is 47.9 Å². The summed E-state index contributed by atoms with van der Waals surface area (Å²) in [5, 5.41) is 64.9. The third-order valence-corrected chi connectivity index (χ3v) is 14.2. The summed E-state index contributed by atoms with van der Waals surface area (Å²) in [6.07, 6.45) is 8.39. The van der Waals surface area contributed by atoms with Gasteiger partial charge in [0.1, 0.15) is 48.9 Å². The number of unbranched alkanes of at least 4 members (excludes halogenated alkanes) is 8. The van der Waals surface area contributed by atoms with Crippen molar-refractivity contribution in [3.63, 3.8) is 0 Å². The molecule has 1 aliphatic rings. The number of guanidine groups is 4. The zero-order chi connectivity index (χ0) is 67.8. The molecule has 1 fully saturated rings. The molecule has 1 saturated heterocycles. The maximum Gasteiger partial charge on any atom is 0.246 e. The Hall–Kier alpha value is -8.34. The zero-order valence-electron chi connectivity index (χ0n) is 52.9. The molecular formula is C56H107N23O12. The van der Waals surface area contributed by atoms with Crippen LogP contribution in [0.15, 0.2) is 0 Å². The van der Waals surface area contributed by atoms with Gasteiger partial charge in [-0.25, -0.2) is 0 Å². The van der Waals surface area contributed by atoms with Gasteiger partial charge in [-0.2, -0.15) is 0 Å². The molecule has 0 radical (unpaired) electrons. The van der Waals surface area contributed by atoms with E-state index in [1.165, 1.54) is 6.42 Å². The highest BCUT2D eigenvalue weighted by molar-refractivity contribution is 5.98. The van der Waals surface area contributed by atoms with E-state index in [0.717, 1.165) is 38.5 Å². The Morgan fingerprint density at radius 3 is 1.09 bits per heavy atom. The van der Waals surface area contributed by atoms with Crippen LogP contribution < -0.4 is 104 Å². The van der Waals surface area contributed by atoms with Crippen LogP contribution in [0.2, 0.25) is 0 Å².